The van der Waals surface area contributed by atoms with Crippen LogP contribution in [0.1, 0.15) is 122 Å². The molecule has 0 aliphatic heterocycles. The first kappa shape index (κ1) is 25.2. The Bertz CT molecular complexity index is 232. The molecule has 0 amide bonds. The molecular weight excluding hydrogens is 331 g/mol. The second-order valence-electron chi connectivity index (χ2n) is 6.80. The van der Waals surface area contributed by atoms with Gasteiger partial charge in [0.15, 0.2) is 0 Å². The SMILES string of the molecule is CCCCCCCCCCCCCCCCCCCC(=O)O.[Ni]. The van der Waals surface area contributed by atoms with Gasteiger partial charge in [-0.05, 0) is 6.42 Å². The fourth-order valence-corrected chi connectivity index (χ4v) is 3.00. The fourth-order valence-electron chi connectivity index (χ4n) is 3.00. The normalized spacial score (nSPS) is 10.5. The van der Waals surface area contributed by atoms with Crippen molar-refractivity contribution in [1.29, 1.82) is 0 Å². The number of rotatable bonds is 18. The van der Waals surface area contributed by atoms with Crippen LogP contribution in [0.5, 0.6) is 0 Å². The van der Waals surface area contributed by atoms with E-state index < -0.39 is 5.97 Å². The molecule has 0 radical (unpaired) electrons. The Hall–Kier alpha value is -0.0365. The summed E-state index contributed by atoms with van der Waals surface area (Å²) < 4.78 is 0. The minimum Gasteiger partial charge on any atom is -0.481 e. The van der Waals surface area contributed by atoms with Crippen molar-refractivity contribution in [3.63, 3.8) is 0 Å². The maximum Gasteiger partial charge on any atom is 0.303 e. The maximum absolute atomic E-state index is 10.4. The molecule has 0 saturated carbocycles. The van der Waals surface area contributed by atoms with Crippen molar-refractivity contribution in [1.82, 2.24) is 0 Å². The van der Waals surface area contributed by atoms with E-state index in [1.165, 1.54) is 96.3 Å². The Morgan fingerprint density at radius 3 is 1.09 bits per heavy atom. The zero-order chi connectivity index (χ0) is 16.3. The van der Waals surface area contributed by atoms with Gasteiger partial charge in [0.2, 0.25) is 0 Å². The quantitative estimate of drug-likeness (QED) is 0.206. The topological polar surface area (TPSA) is 37.3 Å². The predicted molar refractivity (Wildman–Crippen MR) is 96.4 cm³/mol. The van der Waals surface area contributed by atoms with E-state index in [2.05, 4.69) is 6.92 Å². The van der Waals surface area contributed by atoms with E-state index in [9.17, 15) is 4.79 Å². The van der Waals surface area contributed by atoms with Crippen LogP contribution in [0.2, 0.25) is 0 Å². The first-order chi connectivity index (χ1) is 10.8. The Morgan fingerprint density at radius 2 is 0.826 bits per heavy atom. The summed E-state index contributed by atoms with van der Waals surface area (Å²) in [5.41, 5.74) is 0. The van der Waals surface area contributed by atoms with Crippen LogP contribution in [-0.2, 0) is 21.3 Å². The number of aliphatic carboxylic acids is 1. The first-order valence-corrected chi connectivity index (χ1v) is 9.99. The molecule has 142 valence electrons. The largest absolute Gasteiger partial charge is 0.481 e. The van der Waals surface area contributed by atoms with Crippen LogP contribution < -0.4 is 0 Å². The van der Waals surface area contributed by atoms with Gasteiger partial charge < -0.3 is 5.11 Å². The maximum atomic E-state index is 10.4. The molecule has 0 aliphatic carbocycles. The van der Waals surface area contributed by atoms with Crippen molar-refractivity contribution in [2.45, 2.75) is 122 Å². The van der Waals surface area contributed by atoms with Crippen molar-refractivity contribution in [2.75, 3.05) is 0 Å². The van der Waals surface area contributed by atoms with Gasteiger partial charge in [-0.15, -0.1) is 0 Å². The zero-order valence-corrected chi connectivity index (χ0v) is 16.4. The number of carboxylic acid groups (broad SMARTS) is 1. The second kappa shape index (κ2) is 22.0. The zero-order valence-electron chi connectivity index (χ0n) is 15.4. The number of hydrogen-bond donors (Lipinski definition) is 1. The predicted octanol–water partition coefficient (Wildman–Crippen LogP) is 7.11. The Morgan fingerprint density at radius 1 is 0.565 bits per heavy atom. The molecule has 2 nitrogen and oxygen atoms in total. The van der Waals surface area contributed by atoms with Gasteiger partial charge in [-0.25, -0.2) is 0 Å². The third-order valence-electron chi connectivity index (χ3n) is 4.49. The van der Waals surface area contributed by atoms with Gasteiger partial charge in [-0.2, -0.15) is 0 Å². The molecule has 0 atom stereocenters. The minimum absolute atomic E-state index is 0. The number of carboxylic acids is 1. The van der Waals surface area contributed by atoms with Crippen LogP contribution >= 0.6 is 0 Å². The first-order valence-electron chi connectivity index (χ1n) is 9.99. The molecule has 0 bridgehead atoms. The van der Waals surface area contributed by atoms with Crippen molar-refractivity contribution in [3.8, 4) is 0 Å². The molecule has 23 heavy (non-hydrogen) atoms. The number of unbranched alkanes of at least 4 members (excludes halogenated alkanes) is 16. The molecule has 0 saturated heterocycles. The van der Waals surface area contributed by atoms with Gasteiger partial charge in [0.05, 0.1) is 0 Å². The minimum atomic E-state index is -0.652. The van der Waals surface area contributed by atoms with Crippen LogP contribution in [0, 0.1) is 0 Å². The summed E-state index contributed by atoms with van der Waals surface area (Å²) in [7, 11) is 0. The van der Waals surface area contributed by atoms with E-state index in [-0.39, 0.29) is 16.5 Å². The molecule has 3 heteroatoms. The third kappa shape index (κ3) is 24.3. The summed E-state index contributed by atoms with van der Waals surface area (Å²) in [6.07, 6.45) is 23.1. The Balaban J connectivity index is 0. The molecule has 0 aromatic rings. The molecule has 0 aliphatic rings. The monoisotopic (exact) mass is 370 g/mol. The molecule has 0 heterocycles. The van der Waals surface area contributed by atoms with Gasteiger partial charge in [-0.3, -0.25) is 4.79 Å². The summed E-state index contributed by atoms with van der Waals surface area (Å²) in [6, 6.07) is 0. The van der Waals surface area contributed by atoms with E-state index in [0.29, 0.717) is 6.42 Å². The van der Waals surface area contributed by atoms with Gasteiger partial charge in [0.25, 0.3) is 0 Å². The summed E-state index contributed by atoms with van der Waals surface area (Å²) in [4.78, 5) is 10.4. The van der Waals surface area contributed by atoms with E-state index >= 15 is 0 Å². The average Bonchev–Trinajstić information content (AvgIpc) is 2.50. The number of hydrogen-bond acceptors (Lipinski definition) is 1. The van der Waals surface area contributed by atoms with Crippen molar-refractivity contribution in [3.05, 3.63) is 0 Å². The second-order valence-corrected chi connectivity index (χ2v) is 6.80. The van der Waals surface area contributed by atoms with Crippen LogP contribution in [0.15, 0.2) is 0 Å². The van der Waals surface area contributed by atoms with Crippen LogP contribution in [0.3, 0.4) is 0 Å². The van der Waals surface area contributed by atoms with Crippen LogP contribution in [0.4, 0.5) is 0 Å². The standard InChI is InChI=1S/C20H40O2.Ni/c1-2-3-4-5-6-7-8-9-10-11-12-13-14-15-16-17-18-19-20(21)22;/h2-19H2,1H3,(H,21,22);. The van der Waals surface area contributed by atoms with Crippen molar-refractivity contribution >= 4 is 5.97 Å². The Labute approximate surface area is 155 Å². The Kier molecular flexibility index (Phi) is 24.1. The summed E-state index contributed by atoms with van der Waals surface area (Å²) >= 11 is 0. The van der Waals surface area contributed by atoms with E-state index in [1.54, 1.807) is 0 Å². The van der Waals surface area contributed by atoms with Gasteiger partial charge in [-0.1, -0.05) is 110 Å². The van der Waals surface area contributed by atoms with Gasteiger partial charge >= 0.3 is 5.97 Å². The fraction of sp³-hybridized carbons (Fsp3) is 0.950. The average molecular weight is 371 g/mol. The van der Waals surface area contributed by atoms with E-state index in [0.717, 1.165) is 12.8 Å². The third-order valence-corrected chi connectivity index (χ3v) is 4.49. The van der Waals surface area contributed by atoms with Gasteiger partial charge in [0.1, 0.15) is 0 Å². The molecule has 0 unspecified atom stereocenters. The van der Waals surface area contributed by atoms with Crippen molar-refractivity contribution < 1.29 is 26.4 Å². The molecule has 0 spiro atoms. The van der Waals surface area contributed by atoms with Gasteiger partial charge in [0, 0.05) is 22.9 Å². The summed E-state index contributed by atoms with van der Waals surface area (Å²) in [5, 5.41) is 8.54. The molecular formula is C20H40NiO2. The number of carbonyl (C=O) groups is 1. The van der Waals surface area contributed by atoms with Crippen molar-refractivity contribution in [2.24, 2.45) is 0 Å². The molecule has 1 N–H and O–H groups in total. The van der Waals surface area contributed by atoms with Crippen LogP contribution in [-0.4, -0.2) is 11.1 Å². The molecule has 0 rings (SSSR count). The smallest absolute Gasteiger partial charge is 0.303 e. The van der Waals surface area contributed by atoms with E-state index in [1.807, 2.05) is 0 Å². The molecule has 0 fully saturated rings. The molecule has 0 aromatic carbocycles. The molecule has 0 aromatic heterocycles. The van der Waals surface area contributed by atoms with Crippen LogP contribution in [0.25, 0.3) is 0 Å². The summed E-state index contributed by atoms with van der Waals surface area (Å²) in [6.45, 7) is 2.28. The summed E-state index contributed by atoms with van der Waals surface area (Å²) in [5.74, 6) is -0.652. The van der Waals surface area contributed by atoms with E-state index in [4.69, 9.17) is 5.11 Å².